The molecule has 1 N–H and O–H groups in total. The summed E-state index contributed by atoms with van der Waals surface area (Å²) >= 11 is 13.7. The molecule has 156 valence electrons. The Bertz CT molecular complexity index is 818. The van der Waals surface area contributed by atoms with Gasteiger partial charge in [0.25, 0.3) is 5.91 Å². The van der Waals surface area contributed by atoms with Crippen molar-refractivity contribution in [2.75, 3.05) is 25.6 Å². The molecule has 0 heterocycles. The highest BCUT2D eigenvalue weighted by molar-refractivity contribution is 7.98. The van der Waals surface area contributed by atoms with Gasteiger partial charge in [-0.2, -0.15) is 11.8 Å². The van der Waals surface area contributed by atoms with E-state index in [2.05, 4.69) is 17.4 Å². The number of carbonyl (C=O) groups excluding carboxylic acids is 2. The standard InChI is InChI=1S/C22H26Cl2N2O2S/c1-26(13-6-9-16-7-4-3-5-8-16)22(28)20(12-14-29-2)25-21(27)18-11-10-17(23)15-19(18)24/h3-5,7-8,10-11,15,20H,6,9,12-14H2,1-2H3,(H,25,27). The summed E-state index contributed by atoms with van der Waals surface area (Å²) in [4.78, 5) is 27.3. The zero-order valence-electron chi connectivity index (χ0n) is 16.7. The van der Waals surface area contributed by atoms with Gasteiger partial charge >= 0.3 is 0 Å². The molecular weight excluding hydrogens is 427 g/mol. The van der Waals surface area contributed by atoms with Gasteiger partial charge in [0.1, 0.15) is 6.04 Å². The van der Waals surface area contributed by atoms with Gasteiger partial charge in [-0.25, -0.2) is 0 Å². The minimum absolute atomic E-state index is 0.0921. The van der Waals surface area contributed by atoms with Crippen LogP contribution >= 0.6 is 35.0 Å². The molecule has 0 radical (unpaired) electrons. The van der Waals surface area contributed by atoms with Crippen molar-refractivity contribution in [1.82, 2.24) is 10.2 Å². The number of hydrogen-bond donors (Lipinski definition) is 1. The van der Waals surface area contributed by atoms with E-state index in [1.807, 2.05) is 24.5 Å². The summed E-state index contributed by atoms with van der Waals surface area (Å²) in [6.07, 6.45) is 4.29. The highest BCUT2D eigenvalue weighted by atomic mass is 35.5. The number of amides is 2. The van der Waals surface area contributed by atoms with Crippen molar-refractivity contribution in [2.24, 2.45) is 0 Å². The number of nitrogens with zero attached hydrogens (tertiary/aromatic N) is 1. The molecule has 0 bridgehead atoms. The third-order valence-electron chi connectivity index (χ3n) is 4.57. The van der Waals surface area contributed by atoms with E-state index in [9.17, 15) is 9.59 Å². The first-order chi connectivity index (χ1) is 13.9. The van der Waals surface area contributed by atoms with Gasteiger partial charge in [0.15, 0.2) is 0 Å². The van der Waals surface area contributed by atoms with Crippen LogP contribution < -0.4 is 5.32 Å². The van der Waals surface area contributed by atoms with Crippen LogP contribution in [0.25, 0.3) is 0 Å². The molecule has 29 heavy (non-hydrogen) atoms. The number of likely N-dealkylation sites (N-methyl/N-ethyl adjacent to an activating group) is 1. The summed E-state index contributed by atoms with van der Waals surface area (Å²) in [7, 11) is 1.78. The van der Waals surface area contributed by atoms with Crippen LogP contribution in [0.3, 0.4) is 0 Å². The van der Waals surface area contributed by atoms with Crippen molar-refractivity contribution >= 4 is 46.8 Å². The van der Waals surface area contributed by atoms with Crippen LogP contribution in [0.15, 0.2) is 48.5 Å². The Balaban J connectivity index is 1.97. The molecule has 1 unspecified atom stereocenters. The van der Waals surface area contributed by atoms with Crippen molar-refractivity contribution in [3.8, 4) is 0 Å². The van der Waals surface area contributed by atoms with Gasteiger partial charge in [-0.15, -0.1) is 0 Å². The fraction of sp³-hybridized carbons (Fsp3) is 0.364. The van der Waals surface area contributed by atoms with E-state index < -0.39 is 6.04 Å². The van der Waals surface area contributed by atoms with Gasteiger partial charge in [0, 0.05) is 18.6 Å². The van der Waals surface area contributed by atoms with Crippen molar-refractivity contribution < 1.29 is 9.59 Å². The second-order valence-electron chi connectivity index (χ2n) is 6.78. The number of benzene rings is 2. The van der Waals surface area contributed by atoms with Gasteiger partial charge < -0.3 is 10.2 Å². The second kappa shape index (κ2) is 12.1. The van der Waals surface area contributed by atoms with Crippen LogP contribution in [-0.2, 0) is 11.2 Å². The van der Waals surface area contributed by atoms with Crippen LogP contribution in [0.1, 0.15) is 28.8 Å². The Morgan fingerprint density at radius 1 is 1.14 bits per heavy atom. The molecule has 1 atom stereocenters. The maximum Gasteiger partial charge on any atom is 0.253 e. The van der Waals surface area contributed by atoms with E-state index in [0.29, 0.717) is 23.6 Å². The first kappa shape index (κ1) is 23.6. The summed E-state index contributed by atoms with van der Waals surface area (Å²) in [5, 5.41) is 3.57. The lowest BCUT2D eigenvalue weighted by Crippen LogP contribution is -2.48. The number of thioether (sulfide) groups is 1. The molecule has 0 aliphatic rings. The summed E-state index contributed by atoms with van der Waals surface area (Å²) in [5.41, 5.74) is 1.56. The van der Waals surface area contributed by atoms with Crippen LogP contribution in [0, 0.1) is 0 Å². The summed E-state index contributed by atoms with van der Waals surface area (Å²) in [6.45, 7) is 0.626. The summed E-state index contributed by atoms with van der Waals surface area (Å²) in [6, 6.07) is 14.3. The van der Waals surface area contributed by atoms with Gasteiger partial charge in [-0.05, 0) is 55.0 Å². The summed E-state index contributed by atoms with van der Waals surface area (Å²) < 4.78 is 0. The number of nitrogens with one attached hydrogen (secondary N) is 1. The maximum absolute atomic E-state index is 12.9. The highest BCUT2D eigenvalue weighted by Crippen LogP contribution is 2.21. The number of rotatable bonds is 10. The van der Waals surface area contributed by atoms with E-state index >= 15 is 0 Å². The largest absolute Gasteiger partial charge is 0.344 e. The minimum atomic E-state index is -0.594. The Hall–Kier alpha value is -1.69. The molecule has 0 aliphatic heterocycles. The Labute approximate surface area is 187 Å². The van der Waals surface area contributed by atoms with Crippen molar-refractivity contribution in [1.29, 1.82) is 0 Å². The average Bonchev–Trinajstić information content (AvgIpc) is 2.71. The first-order valence-corrected chi connectivity index (χ1v) is 11.6. The lowest BCUT2D eigenvalue weighted by atomic mass is 10.1. The number of aryl methyl sites for hydroxylation is 1. The zero-order chi connectivity index (χ0) is 21.2. The lowest BCUT2D eigenvalue weighted by Gasteiger charge is -2.25. The van der Waals surface area contributed by atoms with Crippen molar-refractivity contribution in [2.45, 2.75) is 25.3 Å². The molecular formula is C22H26Cl2N2O2S. The van der Waals surface area contributed by atoms with Gasteiger partial charge in [0.05, 0.1) is 10.6 Å². The minimum Gasteiger partial charge on any atom is -0.344 e. The van der Waals surface area contributed by atoms with Crippen LogP contribution in [0.2, 0.25) is 10.0 Å². The maximum atomic E-state index is 12.9. The fourth-order valence-corrected chi connectivity index (χ4v) is 3.91. The smallest absolute Gasteiger partial charge is 0.253 e. The van der Waals surface area contributed by atoms with Crippen LogP contribution in [0.4, 0.5) is 0 Å². The molecule has 2 aromatic rings. The molecule has 2 aromatic carbocycles. The van der Waals surface area contributed by atoms with Crippen molar-refractivity contribution in [3.63, 3.8) is 0 Å². The molecule has 7 heteroatoms. The molecule has 0 aliphatic carbocycles. The van der Waals surface area contributed by atoms with E-state index in [1.165, 1.54) is 11.6 Å². The molecule has 0 fully saturated rings. The molecule has 0 saturated heterocycles. The Morgan fingerprint density at radius 3 is 2.52 bits per heavy atom. The quantitative estimate of drug-likeness (QED) is 0.555. The zero-order valence-corrected chi connectivity index (χ0v) is 19.0. The number of halogens is 2. The summed E-state index contributed by atoms with van der Waals surface area (Å²) in [5.74, 6) is 0.303. The number of carbonyl (C=O) groups is 2. The molecule has 2 rings (SSSR count). The SMILES string of the molecule is CSCCC(NC(=O)c1ccc(Cl)cc1Cl)C(=O)N(C)CCCc1ccccc1. The van der Waals surface area contributed by atoms with E-state index in [4.69, 9.17) is 23.2 Å². The third-order valence-corrected chi connectivity index (χ3v) is 5.76. The van der Waals surface area contributed by atoms with E-state index in [-0.39, 0.29) is 16.8 Å². The lowest BCUT2D eigenvalue weighted by molar-refractivity contribution is -0.132. The Morgan fingerprint density at radius 2 is 1.86 bits per heavy atom. The second-order valence-corrected chi connectivity index (χ2v) is 8.61. The predicted octanol–water partition coefficient (Wildman–Crippen LogP) is 4.94. The fourth-order valence-electron chi connectivity index (χ4n) is 2.94. The highest BCUT2D eigenvalue weighted by Gasteiger charge is 2.24. The monoisotopic (exact) mass is 452 g/mol. The molecule has 4 nitrogen and oxygen atoms in total. The van der Waals surface area contributed by atoms with E-state index in [0.717, 1.165) is 18.6 Å². The van der Waals surface area contributed by atoms with Gasteiger partial charge in [-0.3, -0.25) is 9.59 Å². The molecule has 2 amide bonds. The van der Waals surface area contributed by atoms with Crippen molar-refractivity contribution in [3.05, 3.63) is 69.7 Å². The average molecular weight is 453 g/mol. The van der Waals surface area contributed by atoms with Gasteiger partial charge in [-0.1, -0.05) is 53.5 Å². The topological polar surface area (TPSA) is 49.4 Å². The third kappa shape index (κ3) is 7.57. The molecule has 0 aromatic heterocycles. The predicted molar refractivity (Wildman–Crippen MR) is 123 cm³/mol. The number of hydrogen-bond acceptors (Lipinski definition) is 3. The Kier molecular flexibility index (Phi) is 9.85. The first-order valence-electron chi connectivity index (χ1n) is 9.46. The molecule has 0 spiro atoms. The normalized spacial score (nSPS) is 11.7. The molecule has 0 saturated carbocycles. The van der Waals surface area contributed by atoms with Gasteiger partial charge in [0.2, 0.25) is 5.91 Å². The van der Waals surface area contributed by atoms with Crippen LogP contribution in [-0.4, -0.2) is 48.4 Å². The van der Waals surface area contributed by atoms with Crippen LogP contribution in [0.5, 0.6) is 0 Å². The van der Waals surface area contributed by atoms with E-state index in [1.54, 1.807) is 35.8 Å².